The molecule has 1 aliphatic heterocycles. The van der Waals surface area contributed by atoms with Crippen molar-refractivity contribution in [3.05, 3.63) is 20.8 Å². The molecule has 2 atom stereocenters. The van der Waals surface area contributed by atoms with Crippen LogP contribution < -0.4 is 22.3 Å². The minimum Gasteiger partial charge on any atom is -0.383 e. The maximum Gasteiger partial charge on any atom is 0.330 e. The predicted molar refractivity (Wildman–Crippen MR) is 78.0 cm³/mol. The third-order valence-corrected chi connectivity index (χ3v) is 3.76. The topological polar surface area (TPSA) is 102 Å². The smallest absolute Gasteiger partial charge is 0.330 e. The number of ether oxygens (including phenoxy) is 1. The van der Waals surface area contributed by atoms with Crippen LogP contribution in [0.15, 0.2) is 9.59 Å². The maximum atomic E-state index is 11.9. The number of nitrogens with zero attached hydrogens (tertiary/aromatic N) is 1. The van der Waals surface area contributed by atoms with Crippen molar-refractivity contribution in [2.24, 2.45) is 5.92 Å². The van der Waals surface area contributed by atoms with Gasteiger partial charge in [0, 0.05) is 25.6 Å². The Balaban J connectivity index is 2.20. The number of aromatic amines is 1. The van der Waals surface area contributed by atoms with Gasteiger partial charge in [-0.05, 0) is 19.8 Å². The molecular weight excluding hydrogens is 260 g/mol. The summed E-state index contributed by atoms with van der Waals surface area (Å²) in [6.07, 6.45) is 1.90. The molecule has 1 saturated heterocycles. The van der Waals surface area contributed by atoms with E-state index in [4.69, 9.17) is 10.5 Å². The number of nitrogens with one attached hydrogen (secondary N) is 2. The van der Waals surface area contributed by atoms with Gasteiger partial charge in [0.1, 0.15) is 11.5 Å². The first-order valence-corrected chi connectivity index (χ1v) is 7.02. The summed E-state index contributed by atoms with van der Waals surface area (Å²) in [5, 5.41) is 3.07. The quantitative estimate of drug-likeness (QED) is 0.724. The number of nitrogen functional groups attached to an aromatic ring is 1. The zero-order valence-corrected chi connectivity index (χ0v) is 11.9. The van der Waals surface area contributed by atoms with Gasteiger partial charge in [-0.25, -0.2) is 4.79 Å². The Kier molecular flexibility index (Phi) is 4.49. The molecule has 1 aliphatic rings. The third-order valence-electron chi connectivity index (χ3n) is 3.76. The summed E-state index contributed by atoms with van der Waals surface area (Å²) in [5.41, 5.74) is 5.29. The molecule has 1 aromatic heterocycles. The Morgan fingerprint density at radius 2 is 2.25 bits per heavy atom. The second-order valence-corrected chi connectivity index (χ2v) is 5.18. The van der Waals surface area contributed by atoms with Crippen LogP contribution in [-0.2, 0) is 11.3 Å². The van der Waals surface area contributed by atoms with Crippen LogP contribution in [-0.4, -0.2) is 28.8 Å². The van der Waals surface area contributed by atoms with Gasteiger partial charge in [0.25, 0.3) is 5.56 Å². The van der Waals surface area contributed by atoms with Gasteiger partial charge in [-0.3, -0.25) is 14.3 Å². The highest BCUT2D eigenvalue weighted by Crippen LogP contribution is 2.21. The van der Waals surface area contributed by atoms with E-state index >= 15 is 0 Å². The lowest BCUT2D eigenvalue weighted by Crippen LogP contribution is -2.35. The number of hydrogen-bond acceptors (Lipinski definition) is 5. The van der Waals surface area contributed by atoms with Crippen LogP contribution in [0.4, 0.5) is 11.5 Å². The number of anilines is 2. The molecule has 7 nitrogen and oxygen atoms in total. The molecule has 0 bridgehead atoms. The van der Waals surface area contributed by atoms with Crippen molar-refractivity contribution < 1.29 is 4.74 Å². The highest BCUT2D eigenvalue weighted by atomic mass is 16.5. The van der Waals surface area contributed by atoms with Gasteiger partial charge in [0.2, 0.25) is 0 Å². The first-order chi connectivity index (χ1) is 9.54. The SMILES string of the molecule is CCCn1c(N)c(NCC2CCOC2C)c(=O)[nH]c1=O. The highest BCUT2D eigenvalue weighted by Gasteiger charge is 2.24. The van der Waals surface area contributed by atoms with Crippen molar-refractivity contribution in [1.82, 2.24) is 9.55 Å². The number of aromatic nitrogens is 2. The molecule has 2 heterocycles. The van der Waals surface area contributed by atoms with Crippen LogP contribution >= 0.6 is 0 Å². The Morgan fingerprint density at radius 1 is 1.50 bits per heavy atom. The van der Waals surface area contributed by atoms with E-state index in [1.165, 1.54) is 4.57 Å². The van der Waals surface area contributed by atoms with Gasteiger partial charge in [0.05, 0.1) is 6.10 Å². The normalized spacial score (nSPS) is 22.1. The maximum absolute atomic E-state index is 11.9. The van der Waals surface area contributed by atoms with Crippen LogP contribution in [0.5, 0.6) is 0 Å². The van der Waals surface area contributed by atoms with Gasteiger partial charge in [-0.2, -0.15) is 0 Å². The van der Waals surface area contributed by atoms with Gasteiger partial charge in [-0.1, -0.05) is 6.92 Å². The summed E-state index contributed by atoms with van der Waals surface area (Å²) < 4.78 is 6.87. The van der Waals surface area contributed by atoms with Crippen molar-refractivity contribution in [3.8, 4) is 0 Å². The fourth-order valence-electron chi connectivity index (χ4n) is 2.48. The second kappa shape index (κ2) is 6.13. The molecule has 1 fully saturated rings. The standard InChI is InChI=1S/C13H22N4O3/c1-3-5-17-11(14)10(12(18)16-13(17)19)15-7-9-4-6-20-8(9)2/h8-9,15H,3-7,14H2,1-2H3,(H,16,18,19). The van der Waals surface area contributed by atoms with Gasteiger partial charge in [0.15, 0.2) is 0 Å². The summed E-state index contributed by atoms with van der Waals surface area (Å²) in [6, 6.07) is 0. The van der Waals surface area contributed by atoms with Crippen LogP contribution in [0, 0.1) is 5.92 Å². The van der Waals surface area contributed by atoms with E-state index in [9.17, 15) is 9.59 Å². The van der Waals surface area contributed by atoms with Crippen LogP contribution in [0.1, 0.15) is 26.7 Å². The van der Waals surface area contributed by atoms with Gasteiger partial charge >= 0.3 is 5.69 Å². The van der Waals surface area contributed by atoms with E-state index in [1.54, 1.807) is 0 Å². The molecule has 0 radical (unpaired) electrons. The molecule has 1 aromatic rings. The zero-order valence-electron chi connectivity index (χ0n) is 11.9. The molecule has 0 amide bonds. The summed E-state index contributed by atoms with van der Waals surface area (Å²) in [4.78, 5) is 25.9. The van der Waals surface area contributed by atoms with Crippen LogP contribution in [0.3, 0.4) is 0 Å². The van der Waals surface area contributed by atoms with Crippen LogP contribution in [0.25, 0.3) is 0 Å². The number of H-pyrrole nitrogens is 1. The van der Waals surface area contributed by atoms with E-state index in [1.807, 2.05) is 13.8 Å². The average molecular weight is 282 g/mol. The molecule has 20 heavy (non-hydrogen) atoms. The Labute approximate surface area is 117 Å². The fourth-order valence-corrected chi connectivity index (χ4v) is 2.48. The lowest BCUT2D eigenvalue weighted by atomic mass is 10.0. The predicted octanol–water partition coefficient (Wildman–Crippen LogP) is 0.366. The van der Waals surface area contributed by atoms with E-state index in [-0.39, 0.29) is 17.6 Å². The average Bonchev–Trinajstić information content (AvgIpc) is 2.80. The molecule has 2 unspecified atom stereocenters. The van der Waals surface area contributed by atoms with Crippen molar-refractivity contribution in [1.29, 1.82) is 0 Å². The summed E-state index contributed by atoms with van der Waals surface area (Å²) in [7, 11) is 0. The van der Waals surface area contributed by atoms with Gasteiger partial charge in [-0.15, -0.1) is 0 Å². The molecule has 0 aliphatic carbocycles. The van der Waals surface area contributed by atoms with Gasteiger partial charge < -0.3 is 15.8 Å². The monoisotopic (exact) mass is 282 g/mol. The number of hydrogen-bond donors (Lipinski definition) is 3. The van der Waals surface area contributed by atoms with Crippen molar-refractivity contribution in [2.75, 3.05) is 24.2 Å². The Bertz CT molecular complexity index is 578. The lowest BCUT2D eigenvalue weighted by Gasteiger charge is -2.17. The van der Waals surface area contributed by atoms with E-state index in [2.05, 4.69) is 10.3 Å². The van der Waals surface area contributed by atoms with Crippen molar-refractivity contribution in [2.45, 2.75) is 39.3 Å². The van der Waals surface area contributed by atoms with Crippen LogP contribution in [0.2, 0.25) is 0 Å². The molecule has 7 heteroatoms. The number of nitrogens with two attached hydrogens (primary N) is 1. The molecule has 0 saturated carbocycles. The largest absolute Gasteiger partial charge is 0.383 e. The van der Waals surface area contributed by atoms with E-state index in [0.29, 0.717) is 19.0 Å². The van der Waals surface area contributed by atoms with E-state index in [0.717, 1.165) is 19.4 Å². The number of rotatable bonds is 5. The van der Waals surface area contributed by atoms with E-state index < -0.39 is 11.2 Å². The summed E-state index contributed by atoms with van der Waals surface area (Å²) >= 11 is 0. The minimum absolute atomic E-state index is 0.171. The minimum atomic E-state index is -0.466. The molecule has 112 valence electrons. The first-order valence-electron chi connectivity index (χ1n) is 7.02. The second-order valence-electron chi connectivity index (χ2n) is 5.18. The molecule has 0 aromatic carbocycles. The molecule has 2 rings (SSSR count). The molecule has 0 spiro atoms. The molecular formula is C13H22N4O3. The molecule has 4 N–H and O–H groups in total. The fraction of sp³-hybridized carbons (Fsp3) is 0.692. The van der Waals surface area contributed by atoms with Crippen molar-refractivity contribution >= 4 is 11.5 Å². The Hall–Kier alpha value is -1.76. The summed E-state index contributed by atoms with van der Waals surface area (Å²) in [6.45, 7) is 5.80. The third kappa shape index (κ3) is 2.87. The first kappa shape index (κ1) is 14.6. The Morgan fingerprint density at radius 3 is 2.85 bits per heavy atom. The zero-order chi connectivity index (χ0) is 14.7. The summed E-state index contributed by atoms with van der Waals surface area (Å²) in [5.74, 6) is 0.549. The highest BCUT2D eigenvalue weighted by molar-refractivity contribution is 5.60. The lowest BCUT2D eigenvalue weighted by molar-refractivity contribution is 0.108. The van der Waals surface area contributed by atoms with Crippen molar-refractivity contribution in [3.63, 3.8) is 0 Å².